The fourth-order valence-electron chi connectivity index (χ4n) is 3.53. The van der Waals surface area contributed by atoms with Crippen molar-refractivity contribution in [3.8, 4) is 5.75 Å². The number of para-hydroxylation sites is 1. The molecule has 2 N–H and O–H groups in total. The maximum Gasteiger partial charge on any atom is 0.526 e. The Bertz CT molecular complexity index is 883. The van der Waals surface area contributed by atoms with Crippen LogP contribution in [0.4, 0.5) is 0 Å². The summed E-state index contributed by atoms with van der Waals surface area (Å²) in [4.78, 5) is 26.0. The lowest BCUT2D eigenvalue weighted by Gasteiger charge is -2.27. The molecule has 0 unspecified atom stereocenters. The zero-order valence-corrected chi connectivity index (χ0v) is 16.6. The number of carboxylic acid groups (broad SMARTS) is 1. The molecule has 2 heterocycles. The number of carboxylic acids is 1. The smallest absolute Gasteiger partial charge is 0.526 e. The number of ketones is 1. The van der Waals surface area contributed by atoms with Gasteiger partial charge in [0.25, 0.3) is 0 Å². The van der Waals surface area contributed by atoms with E-state index in [0.29, 0.717) is 18.5 Å². The first kappa shape index (κ1) is 21.0. The van der Waals surface area contributed by atoms with Gasteiger partial charge < -0.3 is 14.8 Å². The summed E-state index contributed by atoms with van der Waals surface area (Å²) in [5.41, 5.74) is 1.49. The predicted molar refractivity (Wildman–Crippen MR) is 106 cm³/mol. The molecule has 0 fully saturated rings. The van der Waals surface area contributed by atoms with Crippen molar-refractivity contribution < 1.29 is 24.4 Å². The van der Waals surface area contributed by atoms with Gasteiger partial charge >= 0.3 is 13.1 Å². The maximum atomic E-state index is 12.5. The van der Waals surface area contributed by atoms with Crippen molar-refractivity contribution in [2.24, 2.45) is 0 Å². The number of carbonyl (C=O) groups is 2. The standard InChI is InChI=1S/C19H25BN4O5/c1-3-23(4-2)10-15-11-24(22-21-15)12-16(25)9-14-8-13-6-5-7-17(19(26)27)18(13)29-20(14)28/h5-7,11,14,28H,3-4,8-10,12H2,1-2H3,(H,26,27)/t14-/m1/s1. The van der Waals surface area contributed by atoms with Crippen LogP contribution in [0.3, 0.4) is 0 Å². The van der Waals surface area contributed by atoms with Gasteiger partial charge in [-0.25, -0.2) is 9.48 Å². The summed E-state index contributed by atoms with van der Waals surface area (Å²) >= 11 is 0. The van der Waals surface area contributed by atoms with Crippen molar-refractivity contribution in [2.45, 2.75) is 45.6 Å². The number of hydrogen-bond acceptors (Lipinski definition) is 7. The summed E-state index contributed by atoms with van der Waals surface area (Å²) in [5, 5.41) is 27.7. The Morgan fingerprint density at radius 2 is 2.10 bits per heavy atom. The van der Waals surface area contributed by atoms with Gasteiger partial charge in [-0.05, 0) is 31.1 Å². The van der Waals surface area contributed by atoms with Crippen LogP contribution in [0.1, 0.15) is 41.9 Å². The molecular weight excluding hydrogens is 375 g/mol. The minimum Gasteiger partial charge on any atom is -0.535 e. The Morgan fingerprint density at radius 3 is 2.79 bits per heavy atom. The Labute approximate surface area is 169 Å². The number of aromatic carboxylic acids is 1. The van der Waals surface area contributed by atoms with Crippen molar-refractivity contribution in [1.82, 2.24) is 19.9 Å². The molecular formula is C19H25BN4O5. The lowest BCUT2D eigenvalue weighted by Crippen LogP contribution is -2.36. The normalized spacial score (nSPS) is 15.9. The molecule has 0 saturated carbocycles. The highest BCUT2D eigenvalue weighted by Crippen LogP contribution is 2.36. The summed E-state index contributed by atoms with van der Waals surface area (Å²) in [7, 11) is -1.24. The van der Waals surface area contributed by atoms with E-state index in [1.165, 1.54) is 10.7 Å². The van der Waals surface area contributed by atoms with E-state index < -0.39 is 18.9 Å². The molecule has 0 bridgehead atoms. The predicted octanol–water partition coefficient (Wildman–Crippen LogP) is 1.26. The van der Waals surface area contributed by atoms with Crippen LogP contribution in [0.15, 0.2) is 24.4 Å². The molecule has 1 aliphatic rings. The van der Waals surface area contributed by atoms with Crippen LogP contribution in [0.2, 0.25) is 5.82 Å². The number of benzene rings is 1. The summed E-state index contributed by atoms with van der Waals surface area (Å²) in [6, 6.07) is 4.82. The van der Waals surface area contributed by atoms with E-state index >= 15 is 0 Å². The van der Waals surface area contributed by atoms with E-state index in [2.05, 4.69) is 29.1 Å². The largest absolute Gasteiger partial charge is 0.535 e. The van der Waals surface area contributed by atoms with Gasteiger partial charge in [0, 0.05) is 18.8 Å². The fraction of sp³-hybridized carbons (Fsp3) is 0.474. The zero-order chi connectivity index (χ0) is 21.0. The molecule has 154 valence electrons. The van der Waals surface area contributed by atoms with Crippen LogP contribution < -0.4 is 4.65 Å². The molecule has 29 heavy (non-hydrogen) atoms. The molecule has 0 saturated heterocycles. The van der Waals surface area contributed by atoms with Crippen LogP contribution in [-0.4, -0.2) is 62.0 Å². The topological polar surface area (TPSA) is 118 Å². The monoisotopic (exact) mass is 400 g/mol. The Kier molecular flexibility index (Phi) is 6.66. The van der Waals surface area contributed by atoms with E-state index in [-0.39, 0.29) is 30.1 Å². The molecule has 1 aromatic heterocycles. The minimum atomic E-state index is -1.24. The first-order chi connectivity index (χ1) is 13.9. The average molecular weight is 400 g/mol. The third-order valence-electron chi connectivity index (χ3n) is 5.15. The van der Waals surface area contributed by atoms with E-state index in [4.69, 9.17) is 4.65 Å². The van der Waals surface area contributed by atoms with Crippen molar-refractivity contribution in [3.63, 3.8) is 0 Å². The minimum absolute atomic E-state index is 0.00896. The zero-order valence-electron chi connectivity index (χ0n) is 16.6. The second-order valence-electron chi connectivity index (χ2n) is 7.18. The van der Waals surface area contributed by atoms with E-state index in [1.807, 2.05) is 0 Å². The summed E-state index contributed by atoms with van der Waals surface area (Å²) in [5.74, 6) is -1.49. The van der Waals surface area contributed by atoms with Crippen LogP contribution in [-0.2, 0) is 24.3 Å². The maximum absolute atomic E-state index is 12.5. The number of aromatic nitrogens is 3. The quantitative estimate of drug-likeness (QED) is 0.605. The molecule has 1 atom stereocenters. The van der Waals surface area contributed by atoms with E-state index in [0.717, 1.165) is 18.8 Å². The molecule has 0 amide bonds. The lowest BCUT2D eigenvalue weighted by molar-refractivity contribution is -0.120. The number of fused-ring (bicyclic) bond motifs is 1. The SMILES string of the molecule is CCN(CC)Cc1cn(CC(=O)C[C@H]2Cc3cccc(C(=O)O)c3OB2O)nn1. The molecule has 10 heteroatoms. The molecule has 1 aromatic carbocycles. The summed E-state index contributed by atoms with van der Waals surface area (Å²) < 4.78 is 6.95. The Balaban J connectivity index is 1.61. The van der Waals surface area contributed by atoms with Gasteiger partial charge in [-0.15, -0.1) is 5.10 Å². The van der Waals surface area contributed by atoms with Crippen molar-refractivity contribution >= 4 is 18.9 Å². The van der Waals surface area contributed by atoms with Gasteiger partial charge in [0.2, 0.25) is 0 Å². The number of hydrogen-bond donors (Lipinski definition) is 2. The van der Waals surface area contributed by atoms with Crippen LogP contribution in [0, 0.1) is 0 Å². The molecule has 1 aliphatic heterocycles. The van der Waals surface area contributed by atoms with E-state index in [1.54, 1.807) is 18.3 Å². The second kappa shape index (κ2) is 9.19. The van der Waals surface area contributed by atoms with Gasteiger partial charge in [0.1, 0.15) is 12.3 Å². The molecule has 0 aliphatic carbocycles. The molecule has 3 rings (SSSR count). The average Bonchev–Trinajstić information content (AvgIpc) is 3.12. The highest BCUT2D eigenvalue weighted by molar-refractivity contribution is 6.47. The van der Waals surface area contributed by atoms with Crippen molar-refractivity contribution in [1.29, 1.82) is 0 Å². The van der Waals surface area contributed by atoms with Crippen molar-refractivity contribution in [3.05, 3.63) is 41.2 Å². The van der Waals surface area contributed by atoms with Gasteiger partial charge in [0.15, 0.2) is 5.78 Å². The number of rotatable bonds is 9. The summed E-state index contributed by atoms with van der Waals surface area (Å²) in [6.45, 7) is 6.72. The highest BCUT2D eigenvalue weighted by Gasteiger charge is 2.37. The van der Waals surface area contributed by atoms with Crippen LogP contribution in [0.5, 0.6) is 5.75 Å². The molecule has 0 radical (unpaired) electrons. The molecule has 9 nitrogen and oxygen atoms in total. The molecule has 0 spiro atoms. The Hall–Kier alpha value is -2.72. The van der Waals surface area contributed by atoms with E-state index in [9.17, 15) is 19.7 Å². The molecule has 2 aromatic rings. The lowest BCUT2D eigenvalue weighted by atomic mass is 9.64. The second-order valence-corrected chi connectivity index (χ2v) is 7.18. The van der Waals surface area contributed by atoms with Crippen LogP contribution in [0.25, 0.3) is 0 Å². The third-order valence-corrected chi connectivity index (χ3v) is 5.15. The first-order valence-electron chi connectivity index (χ1n) is 9.74. The number of Topliss-reactive ketones (excluding diaryl/α,β-unsaturated/α-hetero) is 1. The number of nitrogens with zero attached hydrogens (tertiary/aromatic N) is 4. The fourth-order valence-corrected chi connectivity index (χ4v) is 3.53. The van der Waals surface area contributed by atoms with Gasteiger partial charge in [-0.2, -0.15) is 0 Å². The summed E-state index contributed by atoms with van der Waals surface area (Å²) in [6.07, 6.45) is 2.23. The van der Waals surface area contributed by atoms with Gasteiger partial charge in [-0.1, -0.05) is 31.2 Å². The van der Waals surface area contributed by atoms with Crippen LogP contribution >= 0.6 is 0 Å². The van der Waals surface area contributed by atoms with Gasteiger partial charge in [-0.3, -0.25) is 9.69 Å². The first-order valence-corrected chi connectivity index (χ1v) is 9.74. The third kappa shape index (κ3) is 5.01. The van der Waals surface area contributed by atoms with Gasteiger partial charge in [0.05, 0.1) is 17.5 Å². The highest BCUT2D eigenvalue weighted by atomic mass is 16.5. The Morgan fingerprint density at radius 1 is 1.34 bits per heavy atom. The van der Waals surface area contributed by atoms with Crippen molar-refractivity contribution in [2.75, 3.05) is 13.1 Å². The number of carbonyl (C=O) groups excluding carboxylic acids is 1.